The largest absolute Gasteiger partial charge is 0.394 e. The van der Waals surface area contributed by atoms with Crippen molar-refractivity contribution in [3.8, 4) is 0 Å². The Bertz CT molecular complexity index is 776. The Morgan fingerprint density at radius 3 is 1.83 bits per heavy atom. The topological polar surface area (TPSA) is 149 Å². The van der Waals surface area contributed by atoms with Crippen molar-refractivity contribution in [1.82, 2.24) is 5.32 Å². The van der Waals surface area contributed by atoms with Crippen LogP contribution in [0.3, 0.4) is 0 Å². The Labute approximate surface area is 279 Å². The van der Waals surface area contributed by atoms with Crippen LogP contribution >= 0.6 is 0 Å². The van der Waals surface area contributed by atoms with Crippen molar-refractivity contribution in [2.75, 3.05) is 13.2 Å². The zero-order valence-electron chi connectivity index (χ0n) is 29.1. The molecule has 0 bridgehead atoms. The minimum atomic E-state index is -1.57. The van der Waals surface area contributed by atoms with E-state index >= 15 is 0 Å². The molecule has 0 aliphatic carbocycles. The second-order valence-corrected chi connectivity index (χ2v) is 13.0. The molecule has 1 heterocycles. The van der Waals surface area contributed by atoms with Gasteiger partial charge in [0, 0.05) is 6.42 Å². The summed E-state index contributed by atoms with van der Waals surface area (Å²) < 4.78 is 11.1. The van der Waals surface area contributed by atoms with Crippen LogP contribution < -0.4 is 5.32 Å². The lowest BCUT2D eigenvalue weighted by Gasteiger charge is -2.40. The fraction of sp³-hybridized carbons (Fsp3) is 0.865. The quantitative estimate of drug-likeness (QED) is 0.0425. The number of hydrogen-bond donors (Lipinski definition) is 6. The van der Waals surface area contributed by atoms with Crippen LogP contribution in [-0.2, 0) is 14.3 Å². The van der Waals surface area contributed by atoms with Gasteiger partial charge in [0.1, 0.15) is 24.4 Å². The van der Waals surface area contributed by atoms with E-state index in [-0.39, 0.29) is 12.5 Å². The Kier molecular flexibility index (Phi) is 26.6. The molecule has 1 amide bonds. The van der Waals surface area contributed by atoms with Crippen LogP contribution in [0.5, 0.6) is 0 Å². The number of nitrogens with one attached hydrogen (secondary N) is 1. The number of hydrogen-bond acceptors (Lipinski definition) is 8. The lowest BCUT2D eigenvalue weighted by Crippen LogP contribution is -2.60. The van der Waals surface area contributed by atoms with Crippen molar-refractivity contribution in [2.24, 2.45) is 0 Å². The predicted octanol–water partition coefficient (Wildman–Crippen LogP) is 5.99. The minimum absolute atomic E-state index is 0.192. The third-order valence-corrected chi connectivity index (χ3v) is 8.78. The van der Waals surface area contributed by atoms with Crippen LogP contribution in [0.1, 0.15) is 149 Å². The minimum Gasteiger partial charge on any atom is -0.394 e. The molecule has 1 rings (SSSR count). The lowest BCUT2D eigenvalue weighted by molar-refractivity contribution is -0.302. The van der Waals surface area contributed by atoms with Crippen molar-refractivity contribution in [3.05, 3.63) is 24.3 Å². The summed E-state index contributed by atoms with van der Waals surface area (Å²) in [6.07, 6.45) is 23.7. The molecule has 9 heteroatoms. The number of carbonyl (C=O) groups is 1. The number of ether oxygens (including phenoxy) is 2. The number of aliphatic hydroxyl groups is 5. The molecule has 0 aromatic rings. The monoisotopic (exact) mass is 656 g/mol. The molecule has 6 N–H and O–H groups in total. The summed E-state index contributed by atoms with van der Waals surface area (Å²) in [5.74, 6) is -0.192. The van der Waals surface area contributed by atoms with E-state index in [0.717, 1.165) is 38.5 Å². The zero-order chi connectivity index (χ0) is 33.8. The molecule has 0 aromatic heterocycles. The van der Waals surface area contributed by atoms with Crippen molar-refractivity contribution in [1.29, 1.82) is 0 Å². The molecule has 1 aliphatic rings. The van der Waals surface area contributed by atoms with Gasteiger partial charge >= 0.3 is 0 Å². The first-order chi connectivity index (χ1) is 22.3. The first-order valence-electron chi connectivity index (χ1n) is 18.6. The van der Waals surface area contributed by atoms with Crippen LogP contribution in [0.2, 0.25) is 0 Å². The Morgan fingerprint density at radius 1 is 0.717 bits per heavy atom. The average Bonchev–Trinajstić information content (AvgIpc) is 3.05. The van der Waals surface area contributed by atoms with Crippen molar-refractivity contribution >= 4 is 5.91 Å². The molecule has 0 aromatic carbocycles. The van der Waals surface area contributed by atoms with Gasteiger partial charge in [-0.2, -0.15) is 0 Å². The lowest BCUT2D eigenvalue weighted by atomic mass is 9.99. The summed E-state index contributed by atoms with van der Waals surface area (Å²) in [4.78, 5) is 12.8. The maximum absolute atomic E-state index is 12.8. The van der Waals surface area contributed by atoms with Crippen LogP contribution in [0.4, 0.5) is 0 Å². The first-order valence-corrected chi connectivity index (χ1v) is 18.6. The number of aliphatic hydroxyl groups excluding tert-OH is 5. The van der Waals surface area contributed by atoms with E-state index in [1.54, 1.807) is 6.08 Å². The predicted molar refractivity (Wildman–Crippen MR) is 184 cm³/mol. The van der Waals surface area contributed by atoms with E-state index in [2.05, 4.69) is 31.3 Å². The molecule has 1 fully saturated rings. The Morgan fingerprint density at radius 2 is 1.24 bits per heavy atom. The fourth-order valence-corrected chi connectivity index (χ4v) is 5.70. The third-order valence-electron chi connectivity index (χ3n) is 8.78. The summed E-state index contributed by atoms with van der Waals surface area (Å²) in [5, 5.41) is 53.7. The highest BCUT2D eigenvalue weighted by atomic mass is 16.7. The van der Waals surface area contributed by atoms with Gasteiger partial charge in [-0.15, -0.1) is 0 Å². The summed E-state index contributed by atoms with van der Waals surface area (Å²) in [7, 11) is 0. The van der Waals surface area contributed by atoms with E-state index < -0.39 is 49.5 Å². The summed E-state index contributed by atoms with van der Waals surface area (Å²) in [5.41, 5.74) is 0. The molecule has 1 saturated heterocycles. The smallest absolute Gasteiger partial charge is 0.220 e. The van der Waals surface area contributed by atoms with E-state index in [9.17, 15) is 30.3 Å². The van der Waals surface area contributed by atoms with E-state index in [1.165, 1.54) is 89.9 Å². The van der Waals surface area contributed by atoms with E-state index in [0.29, 0.717) is 6.42 Å². The highest BCUT2D eigenvalue weighted by molar-refractivity contribution is 5.76. The molecule has 46 heavy (non-hydrogen) atoms. The van der Waals surface area contributed by atoms with Gasteiger partial charge in [0.2, 0.25) is 5.91 Å². The number of amides is 1. The van der Waals surface area contributed by atoms with Crippen LogP contribution in [0.15, 0.2) is 24.3 Å². The van der Waals surface area contributed by atoms with Gasteiger partial charge in [0.15, 0.2) is 6.29 Å². The molecular weight excluding hydrogens is 586 g/mol. The van der Waals surface area contributed by atoms with Gasteiger partial charge in [0.05, 0.1) is 25.4 Å². The summed E-state index contributed by atoms with van der Waals surface area (Å²) in [6.45, 7) is 3.69. The SMILES string of the molecule is CCCCCCCCC/C=C\CC/C=C/C(O)C(CO[C@@H]1O[C@H](CO)[C@@H](O)[C@H](O)[C@H]1O)NC(=O)CCCCCCCCCCCC. The highest BCUT2D eigenvalue weighted by Gasteiger charge is 2.44. The van der Waals surface area contributed by atoms with Gasteiger partial charge in [-0.1, -0.05) is 134 Å². The van der Waals surface area contributed by atoms with Gasteiger partial charge in [-0.05, 0) is 32.1 Å². The molecule has 7 atom stereocenters. The fourth-order valence-electron chi connectivity index (χ4n) is 5.70. The molecule has 270 valence electrons. The van der Waals surface area contributed by atoms with Gasteiger partial charge in [0.25, 0.3) is 0 Å². The third kappa shape index (κ3) is 20.1. The molecular formula is C37H69NO8. The van der Waals surface area contributed by atoms with Crippen LogP contribution in [0, 0.1) is 0 Å². The van der Waals surface area contributed by atoms with Crippen LogP contribution in [-0.4, -0.2) is 87.5 Å². The van der Waals surface area contributed by atoms with E-state index in [4.69, 9.17) is 9.47 Å². The maximum atomic E-state index is 12.8. The molecule has 0 spiro atoms. The zero-order valence-corrected chi connectivity index (χ0v) is 29.1. The normalized spacial score (nSPS) is 23.3. The van der Waals surface area contributed by atoms with Crippen molar-refractivity contribution in [2.45, 2.75) is 192 Å². The second kappa shape index (κ2) is 28.7. The number of unbranched alkanes of at least 4 members (excludes halogenated alkanes) is 17. The van der Waals surface area contributed by atoms with Crippen LogP contribution in [0.25, 0.3) is 0 Å². The maximum Gasteiger partial charge on any atom is 0.220 e. The van der Waals surface area contributed by atoms with Crippen molar-refractivity contribution in [3.63, 3.8) is 0 Å². The number of carbonyl (C=O) groups excluding carboxylic acids is 1. The highest BCUT2D eigenvalue weighted by Crippen LogP contribution is 2.22. The molecule has 2 unspecified atom stereocenters. The van der Waals surface area contributed by atoms with Gasteiger partial charge in [-0.25, -0.2) is 0 Å². The standard InChI is InChI=1S/C37H69NO8/c1-3-5-7-9-11-13-15-16-17-18-20-22-24-26-31(40)30(29-45-37-36(44)35(43)34(42)32(28-39)46-37)38-33(41)27-25-23-21-19-14-12-10-8-6-4-2/h17-18,24,26,30-32,34-37,39-40,42-44H,3-16,19-23,25,27-29H2,1-2H3,(H,38,41)/b18-17-,26-24+/t30?,31?,32-,34-,35+,36-,37-/m1/s1. The van der Waals surface area contributed by atoms with Crippen molar-refractivity contribution < 1.29 is 39.8 Å². The first kappa shape index (κ1) is 42.7. The molecule has 1 aliphatic heterocycles. The molecule has 0 radical (unpaired) electrons. The van der Waals surface area contributed by atoms with Gasteiger partial charge < -0.3 is 40.3 Å². The molecule has 9 nitrogen and oxygen atoms in total. The summed E-state index contributed by atoms with van der Waals surface area (Å²) >= 11 is 0. The summed E-state index contributed by atoms with van der Waals surface area (Å²) in [6, 6.07) is -0.813. The Balaban J connectivity index is 2.52. The van der Waals surface area contributed by atoms with Gasteiger partial charge in [-0.3, -0.25) is 4.79 Å². The second-order valence-electron chi connectivity index (χ2n) is 13.0. The van der Waals surface area contributed by atoms with E-state index in [1.807, 2.05) is 6.08 Å². The molecule has 0 saturated carbocycles. The average molecular weight is 656 g/mol. The Hall–Kier alpha value is -1.33. The number of rotatable bonds is 29. The number of allylic oxidation sites excluding steroid dienone is 3.